The van der Waals surface area contributed by atoms with Crippen LogP contribution < -0.4 is 5.32 Å². The van der Waals surface area contributed by atoms with Crippen molar-refractivity contribution in [2.24, 2.45) is 0 Å². The van der Waals surface area contributed by atoms with Gasteiger partial charge in [0.15, 0.2) is 0 Å². The summed E-state index contributed by atoms with van der Waals surface area (Å²) in [7, 11) is 0. The van der Waals surface area contributed by atoms with Crippen molar-refractivity contribution in [1.82, 2.24) is 4.98 Å². The Morgan fingerprint density at radius 3 is 2.26 bits per heavy atom. The Hall–Kier alpha value is -1.65. The fourth-order valence-electron chi connectivity index (χ4n) is 1.96. The van der Waals surface area contributed by atoms with E-state index in [-0.39, 0.29) is 6.04 Å². The van der Waals surface area contributed by atoms with E-state index in [9.17, 15) is 0 Å². The third-order valence-corrected chi connectivity index (χ3v) is 4.87. The Morgan fingerprint density at radius 1 is 1.05 bits per heavy atom. The standard InChI is InChI=1S/C15H14N2S2/c1-11-6-7-16-10-12(11)17-15(13-4-2-8-18-13)14-5-3-9-19-14/h2-10,15,17H,1H3. The first kappa shape index (κ1) is 12.4. The summed E-state index contributed by atoms with van der Waals surface area (Å²) in [6, 6.07) is 10.8. The second-order valence-electron chi connectivity index (χ2n) is 4.30. The maximum atomic E-state index is 4.21. The number of aromatic nitrogens is 1. The predicted molar refractivity (Wildman–Crippen MR) is 83.1 cm³/mol. The molecule has 0 bridgehead atoms. The molecule has 0 fully saturated rings. The van der Waals surface area contributed by atoms with Crippen LogP contribution in [0.5, 0.6) is 0 Å². The van der Waals surface area contributed by atoms with Crippen molar-refractivity contribution in [3.63, 3.8) is 0 Å². The highest BCUT2D eigenvalue weighted by molar-refractivity contribution is 7.11. The Morgan fingerprint density at radius 2 is 1.74 bits per heavy atom. The molecular formula is C15H14N2S2. The van der Waals surface area contributed by atoms with Gasteiger partial charge in [-0.25, -0.2) is 0 Å². The summed E-state index contributed by atoms with van der Waals surface area (Å²) >= 11 is 3.56. The molecule has 0 radical (unpaired) electrons. The molecule has 0 spiro atoms. The number of aryl methyl sites for hydroxylation is 1. The van der Waals surface area contributed by atoms with E-state index in [1.54, 1.807) is 22.7 Å². The topological polar surface area (TPSA) is 24.9 Å². The zero-order valence-electron chi connectivity index (χ0n) is 10.5. The molecule has 0 aliphatic carbocycles. The summed E-state index contributed by atoms with van der Waals surface area (Å²) in [5, 5.41) is 7.85. The number of nitrogens with one attached hydrogen (secondary N) is 1. The number of thiophene rings is 2. The van der Waals surface area contributed by atoms with E-state index in [1.165, 1.54) is 15.3 Å². The van der Waals surface area contributed by atoms with Crippen LogP contribution in [0.1, 0.15) is 21.4 Å². The fourth-order valence-corrected chi connectivity index (χ4v) is 3.63. The third kappa shape index (κ3) is 2.69. The molecule has 3 aromatic rings. The van der Waals surface area contributed by atoms with E-state index in [0.29, 0.717) is 0 Å². The van der Waals surface area contributed by atoms with Crippen LogP contribution in [0.2, 0.25) is 0 Å². The molecule has 0 aliphatic heterocycles. The maximum absolute atomic E-state index is 4.21. The van der Waals surface area contributed by atoms with E-state index in [0.717, 1.165) is 5.69 Å². The Bertz CT molecular complexity index is 596. The molecule has 2 nitrogen and oxygen atoms in total. The highest BCUT2D eigenvalue weighted by Gasteiger charge is 2.16. The summed E-state index contributed by atoms with van der Waals surface area (Å²) in [6.07, 6.45) is 3.72. The molecule has 0 atom stereocenters. The van der Waals surface area contributed by atoms with Gasteiger partial charge in [0.25, 0.3) is 0 Å². The molecule has 0 amide bonds. The lowest BCUT2D eigenvalue weighted by atomic mass is 10.1. The van der Waals surface area contributed by atoms with Gasteiger partial charge in [-0.15, -0.1) is 22.7 Å². The molecule has 19 heavy (non-hydrogen) atoms. The summed E-state index contributed by atoms with van der Waals surface area (Å²) in [4.78, 5) is 6.85. The van der Waals surface area contributed by atoms with Crippen molar-refractivity contribution in [1.29, 1.82) is 0 Å². The predicted octanol–water partition coefficient (Wildman–Crippen LogP) is 4.71. The van der Waals surface area contributed by atoms with Gasteiger partial charge in [-0.1, -0.05) is 12.1 Å². The van der Waals surface area contributed by atoms with Crippen molar-refractivity contribution in [2.75, 3.05) is 5.32 Å². The first-order valence-electron chi connectivity index (χ1n) is 6.08. The SMILES string of the molecule is Cc1ccncc1NC(c1cccs1)c1cccs1. The zero-order chi connectivity index (χ0) is 13.1. The first-order chi connectivity index (χ1) is 9.34. The highest BCUT2D eigenvalue weighted by Crippen LogP contribution is 2.32. The van der Waals surface area contributed by atoms with E-state index in [2.05, 4.69) is 52.3 Å². The molecular weight excluding hydrogens is 272 g/mol. The summed E-state index contributed by atoms with van der Waals surface area (Å²) in [5.41, 5.74) is 2.31. The Labute approximate surface area is 120 Å². The molecule has 0 saturated heterocycles. The van der Waals surface area contributed by atoms with Crippen LogP contribution >= 0.6 is 22.7 Å². The minimum absolute atomic E-state index is 0.211. The van der Waals surface area contributed by atoms with Crippen LogP contribution in [0.3, 0.4) is 0 Å². The van der Waals surface area contributed by atoms with Crippen LogP contribution in [0.15, 0.2) is 53.5 Å². The van der Waals surface area contributed by atoms with E-state index in [1.807, 2.05) is 18.5 Å². The number of hydrogen-bond donors (Lipinski definition) is 1. The lowest BCUT2D eigenvalue weighted by Gasteiger charge is -2.18. The number of hydrogen-bond acceptors (Lipinski definition) is 4. The monoisotopic (exact) mass is 286 g/mol. The molecule has 0 saturated carbocycles. The van der Waals surface area contributed by atoms with Crippen molar-refractivity contribution in [3.8, 4) is 0 Å². The summed E-state index contributed by atoms with van der Waals surface area (Å²) in [6.45, 7) is 2.10. The molecule has 3 rings (SSSR count). The van der Waals surface area contributed by atoms with Gasteiger partial charge in [0.1, 0.15) is 0 Å². The van der Waals surface area contributed by atoms with Gasteiger partial charge < -0.3 is 5.32 Å². The molecule has 0 aliphatic rings. The molecule has 96 valence electrons. The maximum Gasteiger partial charge on any atom is 0.0954 e. The second kappa shape index (κ2) is 5.55. The van der Waals surface area contributed by atoms with Crippen LogP contribution in [-0.2, 0) is 0 Å². The highest BCUT2D eigenvalue weighted by atomic mass is 32.1. The first-order valence-corrected chi connectivity index (χ1v) is 7.84. The summed E-state index contributed by atoms with van der Waals surface area (Å²) < 4.78 is 0. The van der Waals surface area contributed by atoms with E-state index < -0.39 is 0 Å². The Balaban J connectivity index is 1.95. The number of nitrogens with zero attached hydrogens (tertiary/aromatic N) is 1. The van der Waals surface area contributed by atoms with E-state index >= 15 is 0 Å². The molecule has 0 unspecified atom stereocenters. The smallest absolute Gasteiger partial charge is 0.0954 e. The molecule has 3 heterocycles. The van der Waals surface area contributed by atoms with Crippen molar-refractivity contribution < 1.29 is 0 Å². The largest absolute Gasteiger partial charge is 0.371 e. The molecule has 1 N–H and O–H groups in total. The van der Waals surface area contributed by atoms with Crippen molar-refractivity contribution in [3.05, 3.63) is 68.8 Å². The lowest BCUT2D eigenvalue weighted by Crippen LogP contribution is -2.10. The second-order valence-corrected chi connectivity index (χ2v) is 6.26. The summed E-state index contributed by atoms with van der Waals surface area (Å²) in [5.74, 6) is 0. The van der Waals surface area contributed by atoms with Crippen molar-refractivity contribution >= 4 is 28.4 Å². The zero-order valence-corrected chi connectivity index (χ0v) is 12.2. The minimum Gasteiger partial charge on any atom is -0.371 e. The van der Waals surface area contributed by atoms with Gasteiger partial charge in [0.05, 0.1) is 17.9 Å². The third-order valence-electron chi connectivity index (χ3n) is 2.99. The molecule has 4 heteroatoms. The molecule has 3 aromatic heterocycles. The van der Waals surface area contributed by atoms with Gasteiger partial charge in [-0.2, -0.15) is 0 Å². The average Bonchev–Trinajstić information content (AvgIpc) is 3.11. The van der Waals surface area contributed by atoms with Gasteiger partial charge in [0, 0.05) is 16.0 Å². The van der Waals surface area contributed by atoms with Gasteiger partial charge in [0.2, 0.25) is 0 Å². The van der Waals surface area contributed by atoms with Crippen LogP contribution in [0.4, 0.5) is 5.69 Å². The van der Waals surface area contributed by atoms with Gasteiger partial charge in [-0.05, 0) is 41.4 Å². The lowest BCUT2D eigenvalue weighted by molar-refractivity contribution is 0.984. The van der Waals surface area contributed by atoms with Gasteiger partial charge >= 0.3 is 0 Å². The Kier molecular flexibility index (Phi) is 3.62. The van der Waals surface area contributed by atoms with Crippen LogP contribution in [-0.4, -0.2) is 4.98 Å². The fraction of sp³-hybridized carbons (Fsp3) is 0.133. The van der Waals surface area contributed by atoms with Crippen LogP contribution in [0.25, 0.3) is 0 Å². The van der Waals surface area contributed by atoms with Crippen LogP contribution in [0, 0.1) is 6.92 Å². The van der Waals surface area contributed by atoms with E-state index in [4.69, 9.17) is 0 Å². The van der Waals surface area contributed by atoms with Crippen molar-refractivity contribution in [2.45, 2.75) is 13.0 Å². The number of anilines is 1. The normalized spacial score (nSPS) is 10.8. The number of rotatable bonds is 4. The number of pyridine rings is 1. The molecule has 0 aromatic carbocycles. The minimum atomic E-state index is 0.211. The quantitative estimate of drug-likeness (QED) is 0.751. The average molecular weight is 286 g/mol. The van der Waals surface area contributed by atoms with Gasteiger partial charge in [-0.3, -0.25) is 4.98 Å².